The quantitative estimate of drug-likeness (QED) is 0.209. The van der Waals surface area contributed by atoms with Gasteiger partial charge < -0.3 is 25.4 Å². The minimum absolute atomic E-state index is 0.633. The van der Waals surface area contributed by atoms with Crippen molar-refractivity contribution in [3.05, 3.63) is 23.6 Å². The molecule has 2 aliphatic rings. The molecule has 0 aromatic heterocycles. The first-order valence-electron chi connectivity index (χ1n) is 9.69. The molecule has 0 saturated carbocycles. The molecule has 28 heavy (non-hydrogen) atoms. The van der Waals surface area contributed by atoms with E-state index in [1.165, 1.54) is 0 Å². The summed E-state index contributed by atoms with van der Waals surface area (Å²) in [6.45, 7) is 10.8. The van der Waals surface area contributed by atoms with E-state index in [-0.39, 0.29) is 0 Å². The van der Waals surface area contributed by atoms with Crippen LogP contribution in [0.3, 0.4) is 0 Å². The number of hydrogen-bond acceptors (Lipinski definition) is 9. The average Bonchev–Trinajstić information content (AvgIpc) is 2.72. The van der Waals surface area contributed by atoms with Crippen molar-refractivity contribution in [3.63, 3.8) is 0 Å². The predicted octanol–water partition coefficient (Wildman–Crippen LogP) is 0.0177. The van der Waals surface area contributed by atoms with Crippen molar-refractivity contribution in [1.29, 1.82) is 0 Å². The van der Waals surface area contributed by atoms with Gasteiger partial charge in [0.15, 0.2) is 0 Å². The monoisotopic (exact) mass is 428 g/mol. The van der Waals surface area contributed by atoms with Gasteiger partial charge in [-0.25, -0.2) is 0 Å². The zero-order valence-corrected chi connectivity index (χ0v) is 18.0. The number of morpholine rings is 2. The molecule has 8 nitrogen and oxygen atoms in total. The second kappa shape index (κ2) is 14.8. The van der Waals surface area contributed by atoms with Gasteiger partial charge >= 0.3 is 0 Å². The zero-order chi connectivity index (χ0) is 19.9. The van der Waals surface area contributed by atoms with E-state index < -0.39 is 0 Å². The van der Waals surface area contributed by atoms with E-state index in [0.717, 1.165) is 83.8 Å². The number of thiol groups is 1. The van der Waals surface area contributed by atoms with E-state index in [4.69, 9.17) is 21.7 Å². The van der Waals surface area contributed by atoms with Crippen LogP contribution < -0.4 is 16.0 Å². The molecule has 0 unspecified atom stereocenters. The van der Waals surface area contributed by atoms with Crippen LogP contribution in [0.25, 0.3) is 0 Å². The molecule has 10 heteroatoms. The van der Waals surface area contributed by atoms with E-state index in [0.29, 0.717) is 4.99 Å². The minimum atomic E-state index is 0.633. The van der Waals surface area contributed by atoms with Crippen molar-refractivity contribution in [1.82, 2.24) is 25.8 Å². The van der Waals surface area contributed by atoms with Gasteiger partial charge in [0, 0.05) is 71.0 Å². The second-order valence-electron chi connectivity index (χ2n) is 6.42. The van der Waals surface area contributed by atoms with Crippen molar-refractivity contribution in [2.75, 3.05) is 78.8 Å². The fraction of sp³-hybridized carbons (Fsp3) is 0.667. The molecule has 2 saturated heterocycles. The van der Waals surface area contributed by atoms with Crippen LogP contribution in [0.5, 0.6) is 0 Å². The molecule has 0 aromatic rings. The van der Waals surface area contributed by atoms with Gasteiger partial charge in [-0.1, -0.05) is 12.2 Å². The Bertz CT molecular complexity index is 532. The summed E-state index contributed by atoms with van der Waals surface area (Å²) < 4.78 is 10.7. The molecule has 2 fully saturated rings. The Hall–Kier alpha value is -1.17. The fourth-order valence-electron chi connectivity index (χ4n) is 2.75. The second-order valence-corrected chi connectivity index (χ2v) is 7.34. The first kappa shape index (κ1) is 23.1. The van der Waals surface area contributed by atoms with E-state index >= 15 is 0 Å². The van der Waals surface area contributed by atoms with Crippen LogP contribution in [-0.2, 0) is 9.47 Å². The Labute approximate surface area is 178 Å². The summed E-state index contributed by atoms with van der Waals surface area (Å²) in [6.07, 6.45) is 6.81. The van der Waals surface area contributed by atoms with Crippen LogP contribution in [0.4, 0.5) is 0 Å². The maximum absolute atomic E-state index is 5.34. The highest BCUT2D eigenvalue weighted by atomic mass is 32.1. The van der Waals surface area contributed by atoms with Crippen LogP contribution >= 0.6 is 24.8 Å². The lowest BCUT2D eigenvalue weighted by Gasteiger charge is -2.26. The number of rotatable bonds is 11. The highest BCUT2D eigenvalue weighted by molar-refractivity contribution is 7.84. The summed E-state index contributed by atoms with van der Waals surface area (Å²) in [7, 11) is 0. The molecule has 0 spiro atoms. The van der Waals surface area contributed by atoms with Crippen molar-refractivity contribution < 1.29 is 9.47 Å². The third-order valence-electron chi connectivity index (χ3n) is 4.34. The number of nitrogens with one attached hydrogen (secondary N) is 3. The summed E-state index contributed by atoms with van der Waals surface area (Å²) in [5.74, 6) is 0. The van der Waals surface area contributed by atoms with E-state index in [1.54, 1.807) is 24.8 Å². The summed E-state index contributed by atoms with van der Waals surface area (Å²) in [5, 5.41) is 10.2. The van der Waals surface area contributed by atoms with Crippen molar-refractivity contribution >= 4 is 36.0 Å². The van der Waals surface area contributed by atoms with Crippen molar-refractivity contribution in [2.45, 2.75) is 0 Å². The Morgan fingerprint density at radius 1 is 0.964 bits per heavy atom. The lowest BCUT2D eigenvalue weighted by atomic mass is 10.4. The van der Waals surface area contributed by atoms with Gasteiger partial charge in [0.25, 0.3) is 0 Å². The lowest BCUT2D eigenvalue weighted by molar-refractivity contribution is 0.0387. The molecular weight excluding hydrogens is 396 g/mol. The Morgan fingerprint density at radius 3 is 2.14 bits per heavy atom. The van der Waals surface area contributed by atoms with E-state index in [1.807, 2.05) is 0 Å². The molecular formula is C18H32N6O2S2. The molecule has 0 aliphatic carbocycles. The van der Waals surface area contributed by atoms with Crippen LogP contribution in [0.1, 0.15) is 0 Å². The topological polar surface area (TPSA) is 73.4 Å². The third kappa shape index (κ3) is 11.0. The SMILES string of the molecule is S=C(C=NC=CNC=C(S)NCCN1CCOCC1)NCCN1CCOCC1. The van der Waals surface area contributed by atoms with Gasteiger partial charge in [0.1, 0.15) is 4.99 Å². The van der Waals surface area contributed by atoms with E-state index in [9.17, 15) is 0 Å². The molecule has 2 rings (SSSR count). The molecule has 158 valence electrons. The van der Waals surface area contributed by atoms with Gasteiger partial charge in [0.2, 0.25) is 0 Å². The predicted molar refractivity (Wildman–Crippen MR) is 121 cm³/mol. The highest BCUT2D eigenvalue weighted by Crippen LogP contribution is 1.97. The van der Waals surface area contributed by atoms with Crippen LogP contribution in [-0.4, -0.2) is 99.8 Å². The molecule has 0 radical (unpaired) electrons. The minimum Gasteiger partial charge on any atom is -0.379 e. The normalized spacial score (nSPS) is 20.0. The molecule has 2 heterocycles. The maximum Gasteiger partial charge on any atom is 0.117 e. The molecule has 2 aliphatic heterocycles. The molecule has 3 N–H and O–H groups in total. The number of ether oxygens (including phenoxy) is 2. The van der Waals surface area contributed by atoms with Crippen LogP contribution in [0.2, 0.25) is 0 Å². The molecule has 0 bridgehead atoms. The van der Waals surface area contributed by atoms with Crippen molar-refractivity contribution in [2.24, 2.45) is 4.99 Å². The van der Waals surface area contributed by atoms with Crippen LogP contribution in [0, 0.1) is 0 Å². The fourth-order valence-corrected chi connectivity index (χ4v) is 3.10. The van der Waals surface area contributed by atoms with Gasteiger partial charge in [-0.3, -0.25) is 14.8 Å². The standard InChI is InChI=1S/C18H32N6O2S2/c27-17(21-3-5-23-7-11-25-12-8-23)15-19-1-2-20-16-18(28)22-4-6-24-9-13-26-14-10-24/h1-2,15-16,19,21,27H,3-14H2,(H,22,28). The first-order chi connectivity index (χ1) is 13.7. The smallest absolute Gasteiger partial charge is 0.117 e. The van der Waals surface area contributed by atoms with E-state index in [2.05, 4.69) is 43.4 Å². The van der Waals surface area contributed by atoms with Gasteiger partial charge in [0.05, 0.1) is 37.7 Å². The average molecular weight is 429 g/mol. The number of nitrogens with zero attached hydrogens (tertiary/aromatic N) is 3. The Morgan fingerprint density at radius 2 is 1.54 bits per heavy atom. The molecule has 0 aromatic carbocycles. The Balaban J connectivity index is 1.48. The molecule has 0 atom stereocenters. The third-order valence-corrected chi connectivity index (χ3v) is 4.87. The highest BCUT2D eigenvalue weighted by Gasteiger charge is 2.09. The number of hydrogen-bond donors (Lipinski definition) is 4. The van der Waals surface area contributed by atoms with Crippen molar-refractivity contribution in [3.8, 4) is 0 Å². The first-order valence-corrected chi connectivity index (χ1v) is 10.5. The summed E-state index contributed by atoms with van der Waals surface area (Å²) in [5.41, 5.74) is 0. The lowest BCUT2D eigenvalue weighted by Crippen LogP contribution is -2.41. The molecule has 0 amide bonds. The van der Waals surface area contributed by atoms with Crippen LogP contribution in [0.15, 0.2) is 28.6 Å². The van der Waals surface area contributed by atoms with Gasteiger partial charge in [-0.15, -0.1) is 12.6 Å². The largest absolute Gasteiger partial charge is 0.379 e. The number of thiocarbonyl (C=S) groups is 1. The Kier molecular flexibility index (Phi) is 12.2. The summed E-state index contributed by atoms with van der Waals surface area (Å²) in [4.78, 5) is 9.52. The summed E-state index contributed by atoms with van der Waals surface area (Å²) in [6, 6.07) is 0. The van der Waals surface area contributed by atoms with Gasteiger partial charge in [-0.2, -0.15) is 0 Å². The zero-order valence-electron chi connectivity index (χ0n) is 16.3. The number of aliphatic imine (C=N–C) groups is 1. The van der Waals surface area contributed by atoms with Gasteiger partial charge in [-0.05, 0) is 0 Å². The maximum atomic E-state index is 5.34. The summed E-state index contributed by atoms with van der Waals surface area (Å²) >= 11 is 9.64.